The number of rotatable bonds is 2. The summed E-state index contributed by atoms with van der Waals surface area (Å²) in [4.78, 5) is 4.78. The van der Waals surface area contributed by atoms with Crippen molar-refractivity contribution in [2.24, 2.45) is 4.99 Å². The van der Waals surface area contributed by atoms with Gasteiger partial charge in [0.05, 0.1) is 6.04 Å². The van der Waals surface area contributed by atoms with E-state index in [2.05, 4.69) is 5.32 Å². The fourth-order valence-corrected chi connectivity index (χ4v) is 3.14. The third-order valence-electron chi connectivity index (χ3n) is 3.49. The minimum Gasteiger partial charge on any atom is -0.356 e. The van der Waals surface area contributed by atoms with Gasteiger partial charge in [-0.25, -0.2) is 0 Å². The zero-order chi connectivity index (χ0) is 14.8. The summed E-state index contributed by atoms with van der Waals surface area (Å²) in [5, 5.41) is 5.91. The molecular formula is C16H15Cl3N2S. The lowest BCUT2D eigenvalue weighted by Crippen LogP contribution is -2.22. The lowest BCUT2D eigenvalue weighted by molar-refractivity contribution is 0.573. The van der Waals surface area contributed by atoms with Crippen molar-refractivity contribution in [1.82, 2.24) is 5.32 Å². The molecule has 0 aliphatic carbocycles. The van der Waals surface area contributed by atoms with Crippen LogP contribution in [-0.4, -0.2) is 11.4 Å². The van der Waals surface area contributed by atoms with Crippen molar-refractivity contribution in [3.8, 4) is 0 Å². The van der Waals surface area contributed by atoms with Crippen LogP contribution in [0, 0.1) is 0 Å². The van der Waals surface area contributed by atoms with E-state index in [9.17, 15) is 0 Å². The number of thioether (sulfide) groups is 1. The summed E-state index contributed by atoms with van der Waals surface area (Å²) < 4.78 is 0. The molecular weight excluding hydrogens is 359 g/mol. The van der Waals surface area contributed by atoms with E-state index < -0.39 is 0 Å². The molecule has 2 nitrogen and oxygen atoms in total. The molecule has 1 N–H and O–H groups in total. The van der Waals surface area contributed by atoms with Crippen molar-refractivity contribution in [2.45, 2.75) is 12.1 Å². The highest BCUT2D eigenvalue weighted by Gasteiger charge is 2.30. The summed E-state index contributed by atoms with van der Waals surface area (Å²) in [7, 11) is 0. The van der Waals surface area contributed by atoms with E-state index in [1.54, 1.807) is 11.8 Å². The maximum Gasteiger partial charge on any atom is 0.157 e. The van der Waals surface area contributed by atoms with Gasteiger partial charge in [-0.2, -0.15) is 0 Å². The SMILES string of the molecule is CSC1=NC(c2ccc(Cl)cc2)C(c2ccc(Cl)cc2)N1.Cl. The van der Waals surface area contributed by atoms with Crippen LogP contribution in [0.15, 0.2) is 53.5 Å². The Bertz CT molecular complexity index is 656. The number of amidine groups is 1. The molecule has 0 fully saturated rings. The quantitative estimate of drug-likeness (QED) is 0.749. The van der Waals surface area contributed by atoms with Gasteiger partial charge >= 0.3 is 0 Å². The Morgan fingerprint density at radius 1 is 0.909 bits per heavy atom. The second-order valence-electron chi connectivity index (χ2n) is 4.81. The normalized spacial score (nSPS) is 20.0. The summed E-state index contributed by atoms with van der Waals surface area (Å²) in [6, 6.07) is 15.9. The lowest BCUT2D eigenvalue weighted by Gasteiger charge is -2.19. The number of hydrogen-bond donors (Lipinski definition) is 1. The van der Waals surface area contributed by atoms with Gasteiger partial charge < -0.3 is 5.32 Å². The highest BCUT2D eigenvalue weighted by molar-refractivity contribution is 8.13. The summed E-state index contributed by atoms with van der Waals surface area (Å²) in [5.41, 5.74) is 2.32. The van der Waals surface area contributed by atoms with Crippen molar-refractivity contribution in [2.75, 3.05) is 6.26 Å². The molecule has 2 aromatic carbocycles. The summed E-state index contributed by atoms with van der Waals surface area (Å²) in [6.45, 7) is 0. The van der Waals surface area contributed by atoms with Crippen molar-refractivity contribution in [3.63, 3.8) is 0 Å². The monoisotopic (exact) mass is 372 g/mol. The predicted octanol–water partition coefficient (Wildman–Crippen LogP) is 5.52. The van der Waals surface area contributed by atoms with Crippen molar-refractivity contribution >= 4 is 52.5 Å². The minimum atomic E-state index is 0. The van der Waals surface area contributed by atoms with Crippen LogP contribution in [0.4, 0.5) is 0 Å². The number of halogens is 3. The molecule has 2 unspecified atom stereocenters. The zero-order valence-electron chi connectivity index (χ0n) is 11.8. The van der Waals surface area contributed by atoms with Gasteiger partial charge in [-0.05, 0) is 41.6 Å². The molecule has 0 bridgehead atoms. The molecule has 0 spiro atoms. The molecule has 2 aromatic rings. The van der Waals surface area contributed by atoms with Crippen LogP contribution in [0.1, 0.15) is 23.2 Å². The molecule has 0 radical (unpaired) electrons. The molecule has 1 aliphatic heterocycles. The largest absolute Gasteiger partial charge is 0.356 e. The second kappa shape index (κ2) is 7.60. The Morgan fingerprint density at radius 2 is 1.41 bits per heavy atom. The smallest absolute Gasteiger partial charge is 0.157 e. The van der Waals surface area contributed by atoms with Crippen LogP contribution >= 0.6 is 47.4 Å². The van der Waals surface area contributed by atoms with Gasteiger partial charge in [0, 0.05) is 10.0 Å². The van der Waals surface area contributed by atoms with Crippen LogP contribution in [-0.2, 0) is 0 Å². The van der Waals surface area contributed by atoms with Gasteiger partial charge in [0.25, 0.3) is 0 Å². The highest BCUT2D eigenvalue weighted by Crippen LogP contribution is 2.38. The van der Waals surface area contributed by atoms with E-state index in [0.717, 1.165) is 20.8 Å². The Labute approximate surface area is 150 Å². The molecule has 1 heterocycles. The van der Waals surface area contributed by atoms with E-state index >= 15 is 0 Å². The third-order valence-corrected chi connectivity index (χ3v) is 4.60. The average molecular weight is 374 g/mol. The van der Waals surface area contributed by atoms with E-state index in [0.29, 0.717) is 0 Å². The molecule has 1 aliphatic rings. The fraction of sp³-hybridized carbons (Fsp3) is 0.188. The van der Waals surface area contributed by atoms with Crippen molar-refractivity contribution in [1.29, 1.82) is 0 Å². The van der Waals surface area contributed by atoms with Gasteiger partial charge in [0.2, 0.25) is 0 Å². The molecule has 116 valence electrons. The Morgan fingerprint density at radius 3 is 1.91 bits per heavy atom. The average Bonchev–Trinajstić information content (AvgIpc) is 2.93. The minimum absolute atomic E-state index is 0. The van der Waals surface area contributed by atoms with Gasteiger partial charge in [-0.15, -0.1) is 12.4 Å². The fourth-order valence-electron chi connectivity index (χ4n) is 2.42. The molecule has 0 aromatic heterocycles. The van der Waals surface area contributed by atoms with Gasteiger partial charge in [0.1, 0.15) is 6.04 Å². The van der Waals surface area contributed by atoms with Crippen LogP contribution < -0.4 is 5.32 Å². The van der Waals surface area contributed by atoms with Crippen LogP contribution in [0.5, 0.6) is 0 Å². The van der Waals surface area contributed by atoms with Crippen LogP contribution in [0.3, 0.4) is 0 Å². The summed E-state index contributed by atoms with van der Waals surface area (Å²) in [5.74, 6) is 0. The maximum atomic E-state index is 5.98. The zero-order valence-corrected chi connectivity index (χ0v) is 14.9. The number of hydrogen-bond acceptors (Lipinski definition) is 3. The van der Waals surface area contributed by atoms with Gasteiger partial charge in [-0.3, -0.25) is 4.99 Å². The Kier molecular flexibility index (Phi) is 6.04. The molecule has 2 atom stereocenters. The first-order valence-electron chi connectivity index (χ1n) is 6.56. The number of aliphatic imine (C=N–C) groups is 1. The Balaban J connectivity index is 0.00000176. The van der Waals surface area contributed by atoms with E-state index in [1.807, 2.05) is 54.8 Å². The number of benzene rings is 2. The van der Waals surface area contributed by atoms with Gasteiger partial charge in [0.15, 0.2) is 5.17 Å². The first kappa shape index (κ1) is 17.5. The summed E-state index contributed by atoms with van der Waals surface area (Å²) >= 11 is 13.6. The molecule has 0 saturated carbocycles. The van der Waals surface area contributed by atoms with E-state index in [1.165, 1.54) is 5.56 Å². The van der Waals surface area contributed by atoms with Crippen molar-refractivity contribution in [3.05, 3.63) is 69.7 Å². The van der Waals surface area contributed by atoms with E-state index in [-0.39, 0.29) is 24.5 Å². The van der Waals surface area contributed by atoms with Crippen LogP contribution in [0.25, 0.3) is 0 Å². The molecule has 6 heteroatoms. The lowest BCUT2D eigenvalue weighted by atomic mass is 9.95. The van der Waals surface area contributed by atoms with Crippen molar-refractivity contribution < 1.29 is 0 Å². The molecule has 22 heavy (non-hydrogen) atoms. The third kappa shape index (κ3) is 3.72. The number of nitrogens with zero attached hydrogens (tertiary/aromatic N) is 1. The molecule has 0 saturated heterocycles. The highest BCUT2D eigenvalue weighted by atomic mass is 35.5. The topological polar surface area (TPSA) is 24.4 Å². The first-order chi connectivity index (χ1) is 10.2. The first-order valence-corrected chi connectivity index (χ1v) is 8.54. The maximum absolute atomic E-state index is 5.98. The Hall–Kier alpha value is -0.870. The van der Waals surface area contributed by atoms with Gasteiger partial charge in [-0.1, -0.05) is 59.2 Å². The van der Waals surface area contributed by atoms with Crippen LogP contribution in [0.2, 0.25) is 10.0 Å². The summed E-state index contributed by atoms with van der Waals surface area (Å²) in [6.07, 6.45) is 2.02. The standard InChI is InChI=1S/C16H14Cl2N2S.ClH/c1-21-16-19-14(10-2-6-12(17)7-3-10)15(20-16)11-4-8-13(18)9-5-11;/h2-9,14-15H,1H3,(H,19,20);1H. The predicted molar refractivity (Wildman–Crippen MR) is 99.7 cm³/mol. The molecule has 0 amide bonds. The number of nitrogens with one attached hydrogen (secondary N) is 1. The second-order valence-corrected chi connectivity index (χ2v) is 6.48. The van der Waals surface area contributed by atoms with E-state index in [4.69, 9.17) is 28.2 Å². The molecule has 3 rings (SSSR count).